The highest BCUT2D eigenvalue weighted by atomic mass is 31.2. The molecule has 9 heteroatoms. The second kappa shape index (κ2) is 6.76. The highest BCUT2D eigenvalue weighted by molar-refractivity contribution is 7.50. The van der Waals surface area contributed by atoms with Gasteiger partial charge < -0.3 is 19.3 Å². The number of nitrogens with zero attached hydrogens (tertiary/aromatic N) is 3. The first-order valence-electron chi connectivity index (χ1n) is 7.28. The molecule has 0 aliphatic rings. The minimum absolute atomic E-state index is 0.315. The predicted octanol–water partition coefficient (Wildman–Crippen LogP) is 2.39. The molecular weight excluding hydrogens is 345 g/mol. The first kappa shape index (κ1) is 17.3. The van der Waals surface area contributed by atoms with Crippen LogP contribution in [0.1, 0.15) is 5.69 Å². The van der Waals surface area contributed by atoms with Crippen molar-refractivity contribution in [1.82, 2.24) is 15.0 Å². The van der Waals surface area contributed by atoms with Gasteiger partial charge in [-0.3, -0.25) is 9.55 Å². The zero-order chi connectivity index (χ0) is 18.0. The van der Waals surface area contributed by atoms with Crippen LogP contribution < -0.4 is 9.47 Å². The van der Waals surface area contributed by atoms with Gasteiger partial charge in [0.1, 0.15) is 6.33 Å². The maximum atomic E-state index is 11.1. The van der Waals surface area contributed by atoms with Crippen molar-refractivity contribution in [3.63, 3.8) is 0 Å². The molecule has 0 aliphatic heterocycles. The average Bonchev–Trinajstić information content (AvgIpc) is 2.59. The molecule has 0 spiro atoms. The molecule has 0 fully saturated rings. The van der Waals surface area contributed by atoms with Gasteiger partial charge in [0.25, 0.3) is 0 Å². The van der Waals surface area contributed by atoms with Gasteiger partial charge >= 0.3 is 7.60 Å². The molecule has 3 aromatic rings. The van der Waals surface area contributed by atoms with Gasteiger partial charge in [-0.05, 0) is 18.2 Å². The van der Waals surface area contributed by atoms with Gasteiger partial charge in [0.05, 0.1) is 37.3 Å². The van der Waals surface area contributed by atoms with E-state index in [0.717, 1.165) is 5.39 Å². The van der Waals surface area contributed by atoms with Crippen molar-refractivity contribution < 1.29 is 23.8 Å². The van der Waals surface area contributed by atoms with E-state index in [1.165, 1.54) is 12.5 Å². The minimum atomic E-state index is -4.15. The molecule has 130 valence electrons. The van der Waals surface area contributed by atoms with Crippen LogP contribution in [0.4, 0.5) is 0 Å². The Morgan fingerprint density at radius 3 is 2.36 bits per heavy atom. The Hall–Kier alpha value is -2.54. The van der Waals surface area contributed by atoms with E-state index in [9.17, 15) is 4.57 Å². The number of fused-ring (bicyclic) bond motifs is 1. The molecule has 0 saturated carbocycles. The van der Waals surface area contributed by atoms with Gasteiger partial charge in [0, 0.05) is 23.2 Å². The first-order valence-corrected chi connectivity index (χ1v) is 9.07. The summed E-state index contributed by atoms with van der Waals surface area (Å²) in [6, 6.07) is 6.83. The summed E-state index contributed by atoms with van der Waals surface area (Å²) in [4.78, 5) is 30.7. The Kier molecular flexibility index (Phi) is 4.67. The van der Waals surface area contributed by atoms with Crippen LogP contribution in [0.3, 0.4) is 0 Å². The van der Waals surface area contributed by atoms with E-state index >= 15 is 0 Å². The van der Waals surface area contributed by atoms with Crippen molar-refractivity contribution in [2.45, 2.75) is 6.16 Å². The van der Waals surface area contributed by atoms with Crippen LogP contribution in [0.2, 0.25) is 0 Å². The number of benzene rings is 1. The average molecular weight is 361 g/mol. The van der Waals surface area contributed by atoms with Gasteiger partial charge in [-0.15, -0.1) is 0 Å². The molecule has 0 atom stereocenters. The summed E-state index contributed by atoms with van der Waals surface area (Å²) in [6.07, 6.45) is 2.57. The smallest absolute Gasteiger partial charge is 0.331 e. The zero-order valence-corrected chi connectivity index (χ0v) is 14.5. The van der Waals surface area contributed by atoms with E-state index in [4.69, 9.17) is 19.3 Å². The number of methoxy groups -OCH3 is 2. The Balaban J connectivity index is 2.07. The molecule has 1 aromatic carbocycles. The Morgan fingerprint density at radius 1 is 1.04 bits per heavy atom. The third-order valence-corrected chi connectivity index (χ3v) is 4.34. The van der Waals surface area contributed by atoms with E-state index in [0.29, 0.717) is 34.0 Å². The normalized spacial score (nSPS) is 11.5. The standard InChI is InChI=1S/C16H16N3O5P/c1-23-14-5-12-13(6-15(14)24-2)18-9-19-16(12)10-3-4-11(17-7-10)8-25(20,21)22/h3-7,9H,8H2,1-2H3,(H2,20,21,22). The molecule has 0 saturated heterocycles. The van der Waals surface area contributed by atoms with Gasteiger partial charge in [-0.25, -0.2) is 9.97 Å². The van der Waals surface area contributed by atoms with Crippen molar-refractivity contribution in [2.24, 2.45) is 0 Å². The lowest BCUT2D eigenvalue weighted by Gasteiger charge is -2.11. The third-order valence-electron chi connectivity index (χ3n) is 3.61. The molecule has 0 unspecified atom stereocenters. The largest absolute Gasteiger partial charge is 0.493 e. The molecule has 8 nitrogen and oxygen atoms in total. The van der Waals surface area contributed by atoms with Crippen LogP contribution in [0.25, 0.3) is 22.2 Å². The summed E-state index contributed by atoms with van der Waals surface area (Å²) in [7, 11) is -1.05. The number of rotatable bonds is 5. The number of pyridine rings is 1. The molecule has 0 aliphatic carbocycles. The topological polar surface area (TPSA) is 115 Å². The van der Waals surface area contributed by atoms with Crippen molar-refractivity contribution in [1.29, 1.82) is 0 Å². The Bertz CT molecular complexity index is 956. The van der Waals surface area contributed by atoms with Crippen LogP contribution in [-0.2, 0) is 10.7 Å². The fraction of sp³-hybridized carbons (Fsp3) is 0.188. The molecular formula is C16H16N3O5P. The van der Waals surface area contributed by atoms with Crippen LogP contribution in [-0.4, -0.2) is 39.0 Å². The fourth-order valence-corrected chi connectivity index (χ4v) is 3.09. The van der Waals surface area contributed by atoms with E-state index < -0.39 is 13.8 Å². The second-order valence-corrected chi connectivity index (χ2v) is 6.95. The fourth-order valence-electron chi connectivity index (χ4n) is 2.48. The molecule has 2 aromatic heterocycles. The van der Waals surface area contributed by atoms with Gasteiger partial charge in [-0.1, -0.05) is 0 Å². The molecule has 3 rings (SSSR count). The zero-order valence-electron chi connectivity index (χ0n) is 13.6. The lowest BCUT2D eigenvalue weighted by atomic mass is 10.1. The van der Waals surface area contributed by atoms with Crippen molar-refractivity contribution in [3.05, 3.63) is 42.5 Å². The lowest BCUT2D eigenvalue weighted by Crippen LogP contribution is -1.96. The predicted molar refractivity (Wildman–Crippen MR) is 91.6 cm³/mol. The second-order valence-electron chi connectivity index (χ2n) is 5.31. The third kappa shape index (κ3) is 3.76. The van der Waals surface area contributed by atoms with Crippen LogP contribution in [0.15, 0.2) is 36.8 Å². The summed E-state index contributed by atoms with van der Waals surface area (Å²) in [6.45, 7) is 0. The van der Waals surface area contributed by atoms with Crippen molar-refractivity contribution in [3.8, 4) is 22.8 Å². The van der Waals surface area contributed by atoms with Gasteiger partial charge in [0.15, 0.2) is 11.5 Å². The van der Waals surface area contributed by atoms with E-state index in [1.807, 2.05) is 0 Å². The highest BCUT2D eigenvalue weighted by Gasteiger charge is 2.16. The van der Waals surface area contributed by atoms with Crippen LogP contribution in [0, 0.1) is 0 Å². The summed E-state index contributed by atoms with van der Waals surface area (Å²) >= 11 is 0. The van der Waals surface area contributed by atoms with Crippen LogP contribution in [0.5, 0.6) is 11.5 Å². The van der Waals surface area contributed by atoms with Gasteiger partial charge in [-0.2, -0.15) is 0 Å². The molecule has 0 bridgehead atoms. The number of ether oxygens (including phenoxy) is 2. The van der Waals surface area contributed by atoms with E-state index in [-0.39, 0.29) is 0 Å². The van der Waals surface area contributed by atoms with Crippen LogP contribution >= 0.6 is 7.60 Å². The molecule has 2 heterocycles. The Labute approximate surface area is 143 Å². The minimum Gasteiger partial charge on any atom is -0.493 e. The molecule has 0 amide bonds. The monoisotopic (exact) mass is 361 g/mol. The summed E-state index contributed by atoms with van der Waals surface area (Å²) in [5, 5.41) is 0.754. The maximum absolute atomic E-state index is 11.1. The molecule has 25 heavy (non-hydrogen) atoms. The summed E-state index contributed by atoms with van der Waals surface area (Å²) < 4.78 is 21.7. The quantitative estimate of drug-likeness (QED) is 0.666. The highest BCUT2D eigenvalue weighted by Crippen LogP contribution is 2.39. The number of hydrogen-bond donors (Lipinski definition) is 2. The molecule has 0 radical (unpaired) electrons. The van der Waals surface area contributed by atoms with E-state index in [1.54, 1.807) is 38.5 Å². The van der Waals surface area contributed by atoms with Crippen molar-refractivity contribution >= 4 is 18.5 Å². The summed E-state index contributed by atoms with van der Waals surface area (Å²) in [5.74, 6) is 1.12. The van der Waals surface area contributed by atoms with Gasteiger partial charge in [0.2, 0.25) is 0 Å². The number of hydrogen-bond acceptors (Lipinski definition) is 6. The lowest BCUT2D eigenvalue weighted by molar-refractivity contribution is 0.356. The SMILES string of the molecule is COc1cc2ncnc(-c3ccc(CP(=O)(O)O)nc3)c2cc1OC. The van der Waals surface area contributed by atoms with Crippen molar-refractivity contribution in [2.75, 3.05) is 14.2 Å². The Morgan fingerprint density at radius 2 is 1.76 bits per heavy atom. The maximum Gasteiger partial charge on any atom is 0.331 e. The van der Waals surface area contributed by atoms with E-state index in [2.05, 4.69) is 15.0 Å². The first-order chi connectivity index (χ1) is 11.9. The summed E-state index contributed by atoms with van der Waals surface area (Å²) in [5.41, 5.74) is 2.34. The number of aromatic nitrogens is 3. The molecule has 2 N–H and O–H groups in total.